The van der Waals surface area contributed by atoms with E-state index in [1.807, 2.05) is 6.20 Å². The van der Waals surface area contributed by atoms with Crippen LogP contribution < -0.4 is 19.7 Å². The third-order valence-electron chi connectivity index (χ3n) is 17.3. The first-order valence-corrected chi connectivity index (χ1v) is 29.3. The molecule has 0 radical (unpaired) electrons. The number of aromatic nitrogens is 2. The van der Waals surface area contributed by atoms with E-state index in [2.05, 4.69) is 305 Å². The van der Waals surface area contributed by atoms with Crippen LogP contribution in [0.3, 0.4) is 0 Å². The fourth-order valence-electron chi connectivity index (χ4n) is 12.9. The molecule has 2 aromatic heterocycles. The lowest BCUT2D eigenvalue weighted by molar-refractivity contribution is 0.435. The Bertz CT molecular complexity index is 4290. The lowest BCUT2D eigenvalue weighted by Crippen LogP contribution is -2.32. The SMILES string of the molecule is CN(c1ccccc1Nc1cccc(Oc2cc3c4c5c(cccc5n(-c5cc(C(C)(C)C)ccn5)c4c2)C32c3ccccc3Oc3ccccc32)c1)c1c(-c2ccccc2)cc(C(C)(C)C)cc1-c1cc(C(C)(C)C)cc(C(C)(C)C)c1. The van der Waals surface area contributed by atoms with Gasteiger partial charge in [-0.05, 0) is 139 Å². The number of para-hydroxylation sites is 4. The minimum Gasteiger partial charge on any atom is -0.457 e. The summed E-state index contributed by atoms with van der Waals surface area (Å²) in [6, 6.07) is 72.8. The van der Waals surface area contributed by atoms with Crippen molar-refractivity contribution in [2.45, 2.75) is 110 Å². The van der Waals surface area contributed by atoms with E-state index in [0.29, 0.717) is 5.75 Å². The molecule has 0 atom stereocenters. The first-order chi connectivity index (χ1) is 39.6. The molecule has 0 fully saturated rings. The lowest BCUT2D eigenvalue weighted by Gasteiger charge is -2.40. The van der Waals surface area contributed by atoms with Crippen molar-refractivity contribution in [2.75, 3.05) is 17.3 Å². The van der Waals surface area contributed by atoms with Crippen LogP contribution in [0.2, 0.25) is 0 Å². The second-order valence-corrected chi connectivity index (χ2v) is 27.1. The van der Waals surface area contributed by atoms with Gasteiger partial charge in [0.05, 0.1) is 33.5 Å². The van der Waals surface area contributed by atoms with Gasteiger partial charge in [-0.2, -0.15) is 0 Å². The van der Waals surface area contributed by atoms with Gasteiger partial charge in [0.15, 0.2) is 0 Å². The summed E-state index contributed by atoms with van der Waals surface area (Å²) in [6.07, 6.45) is 1.95. The molecule has 1 aliphatic heterocycles. The molecule has 0 saturated heterocycles. The zero-order valence-corrected chi connectivity index (χ0v) is 50.3. The molecule has 9 aromatic carbocycles. The summed E-state index contributed by atoms with van der Waals surface area (Å²) < 4.78 is 16.3. The summed E-state index contributed by atoms with van der Waals surface area (Å²) in [5.74, 6) is 4.01. The zero-order valence-electron chi connectivity index (χ0n) is 50.3. The van der Waals surface area contributed by atoms with Crippen LogP contribution in [0.15, 0.2) is 206 Å². The standard InChI is InChI=1S/C77H74N4O2/c1-73(2,3)50-37-38-78-69(44-50)81-65-34-24-31-61-70(65)71-62(77(61)59-29-17-21-35-67(59)83-68-36-22-18-30-60(68)77)46-56(47-66(71)81)82-55-28-23-27-54(45-55)79-63-32-19-20-33-64(63)80(13)72-57(48-25-15-14-16-26-48)42-53(76(10,11)12)43-58(72)49-39-51(74(4,5)6)41-52(40-49)75(7,8)9/h14-47,79H,1-13H3. The molecule has 0 bridgehead atoms. The normalized spacial score (nSPS) is 13.6. The van der Waals surface area contributed by atoms with Crippen LogP contribution in [0.25, 0.3) is 49.9 Å². The molecule has 6 nitrogen and oxygen atoms in total. The van der Waals surface area contributed by atoms with Crippen molar-refractivity contribution in [3.05, 3.63) is 251 Å². The molecule has 11 aromatic rings. The number of rotatable bonds is 9. The fraction of sp³-hybridized carbons (Fsp3) is 0.234. The van der Waals surface area contributed by atoms with Crippen LogP contribution in [-0.4, -0.2) is 16.6 Å². The van der Waals surface area contributed by atoms with Gasteiger partial charge in [0.2, 0.25) is 0 Å². The maximum absolute atomic E-state index is 7.23. The van der Waals surface area contributed by atoms with Crippen molar-refractivity contribution in [3.8, 4) is 51.1 Å². The number of benzene rings is 9. The molecule has 3 heterocycles. The Hall–Kier alpha value is -8.87. The highest BCUT2D eigenvalue weighted by Gasteiger charge is 2.51. The Morgan fingerprint density at radius 2 is 1.02 bits per heavy atom. The van der Waals surface area contributed by atoms with E-state index >= 15 is 0 Å². The molecule has 83 heavy (non-hydrogen) atoms. The quantitative estimate of drug-likeness (QED) is 0.156. The maximum atomic E-state index is 7.23. The summed E-state index contributed by atoms with van der Waals surface area (Å²) >= 11 is 0. The van der Waals surface area contributed by atoms with Crippen LogP contribution in [0.1, 0.15) is 128 Å². The second-order valence-electron chi connectivity index (χ2n) is 27.1. The van der Waals surface area contributed by atoms with E-state index in [1.54, 1.807) is 0 Å². The Morgan fingerprint density at radius 1 is 0.458 bits per heavy atom. The molecular formula is C77H74N4O2. The van der Waals surface area contributed by atoms with E-state index in [4.69, 9.17) is 14.5 Å². The Kier molecular flexibility index (Phi) is 12.5. The summed E-state index contributed by atoms with van der Waals surface area (Å²) in [5.41, 5.74) is 19.7. The molecule has 13 rings (SSSR count). The van der Waals surface area contributed by atoms with E-state index in [-0.39, 0.29) is 21.7 Å². The fourth-order valence-corrected chi connectivity index (χ4v) is 12.9. The third kappa shape index (κ3) is 9.06. The van der Waals surface area contributed by atoms with Crippen LogP contribution in [0.4, 0.5) is 22.7 Å². The van der Waals surface area contributed by atoms with Gasteiger partial charge in [-0.25, -0.2) is 4.98 Å². The van der Waals surface area contributed by atoms with Crippen molar-refractivity contribution in [3.63, 3.8) is 0 Å². The van der Waals surface area contributed by atoms with Gasteiger partial charge in [-0.15, -0.1) is 0 Å². The van der Waals surface area contributed by atoms with Gasteiger partial charge in [-0.1, -0.05) is 198 Å². The summed E-state index contributed by atoms with van der Waals surface area (Å²) in [5, 5.41) is 6.31. The number of nitrogens with one attached hydrogen (secondary N) is 1. The average Bonchev–Trinajstić information content (AvgIpc) is 1.75. The predicted octanol–water partition coefficient (Wildman–Crippen LogP) is 20.8. The minimum atomic E-state index is -0.677. The summed E-state index contributed by atoms with van der Waals surface area (Å²) in [6.45, 7) is 27.7. The number of ether oxygens (including phenoxy) is 2. The van der Waals surface area contributed by atoms with Gasteiger partial charge in [0.1, 0.15) is 28.8 Å². The molecule has 1 aliphatic carbocycles. The molecule has 0 amide bonds. The number of fused-ring (bicyclic) bond motifs is 6. The third-order valence-corrected chi connectivity index (χ3v) is 17.3. The monoisotopic (exact) mass is 1090 g/mol. The molecule has 1 N–H and O–H groups in total. The Labute approximate surface area is 490 Å². The molecule has 2 aliphatic rings. The van der Waals surface area contributed by atoms with Gasteiger partial charge < -0.3 is 19.7 Å². The molecule has 0 unspecified atom stereocenters. The Morgan fingerprint density at radius 3 is 1.69 bits per heavy atom. The summed E-state index contributed by atoms with van der Waals surface area (Å²) in [7, 11) is 2.22. The van der Waals surface area contributed by atoms with Crippen molar-refractivity contribution in [2.24, 2.45) is 0 Å². The number of pyridine rings is 1. The number of anilines is 4. The summed E-state index contributed by atoms with van der Waals surface area (Å²) in [4.78, 5) is 7.49. The van der Waals surface area contributed by atoms with Crippen LogP contribution in [0, 0.1) is 0 Å². The average molecular weight is 1090 g/mol. The van der Waals surface area contributed by atoms with E-state index in [9.17, 15) is 0 Å². The highest BCUT2D eigenvalue weighted by Crippen LogP contribution is 2.63. The Balaban J connectivity index is 0.945. The molecular weight excluding hydrogens is 1010 g/mol. The first kappa shape index (κ1) is 53.4. The van der Waals surface area contributed by atoms with Crippen molar-refractivity contribution >= 4 is 44.6 Å². The lowest BCUT2D eigenvalue weighted by atomic mass is 9.65. The van der Waals surface area contributed by atoms with Gasteiger partial charge in [-0.3, -0.25) is 4.57 Å². The molecule has 1 spiro atoms. The number of hydrogen-bond donors (Lipinski definition) is 1. The molecule has 0 saturated carbocycles. The molecule has 6 heteroatoms. The van der Waals surface area contributed by atoms with Crippen molar-refractivity contribution < 1.29 is 9.47 Å². The van der Waals surface area contributed by atoms with Gasteiger partial charge >= 0.3 is 0 Å². The number of nitrogens with zero attached hydrogens (tertiary/aromatic N) is 3. The first-order valence-electron chi connectivity index (χ1n) is 29.3. The van der Waals surface area contributed by atoms with Crippen molar-refractivity contribution in [1.82, 2.24) is 9.55 Å². The predicted molar refractivity (Wildman–Crippen MR) is 347 cm³/mol. The van der Waals surface area contributed by atoms with E-state index < -0.39 is 5.41 Å². The van der Waals surface area contributed by atoms with E-state index in [1.165, 1.54) is 60.8 Å². The smallest absolute Gasteiger partial charge is 0.137 e. The van der Waals surface area contributed by atoms with E-state index in [0.717, 1.165) is 73.5 Å². The van der Waals surface area contributed by atoms with Gasteiger partial charge in [0, 0.05) is 64.1 Å². The minimum absolute atomic E-state index is 0.0595. The van der Waals surface area contributed by atoms with Crippen LogP contribution >= 0.6 is 0 Å². The second kappa shape index (κ2) is 19.4. The maximum Gasteiger partial charge on any atom is 0.137 e. The van der Waals surface area contributed by atoms with Gasteiger partial charge in [0.25, 0.3) is 0 Å². The highest BCUT2D eigenvalue weighted by molar-refractivity contribution is 6.18. The topological polar surface area (TPSA) is 51.5 Å². The van der Waals surface area contributed by atoms with Crippen LogP contribution in [0.5, 0.6) is 23.0 Å². The zero-order chi connectivity index (χ0) is 58.0. The van der Waals surface area contributed by atoms with Crippen molar-refractivity contribution in [1.29, 1.82) is 0 Å². The largest absolute Gasteiger partial charge is 0.457 e. The van der Waals surface area contributed by atoms with Crippen LogP contribution in [-0.2, 0) is 27.1 Å². The highest BCUT2D eigenvalue weighted by atomic mass is 16.5. The number of hydrogen-bond acceptors (Lipinski definition) is 5. The molecule has 414 valence electrons.